The summed E-state index contributed by atoms with van der Waals surface area (Å²) in [6.07, 6.45) is 6.48. The van der Waals surface area contributed by atoms with Crippen molar-refractivity contribution in [3.8, 4) is 5.75 Å². The van der Waals surface area contributed by atoms with Crippen molar-refractivity contribution in [1.82, 2.24) is 4.90 Å². The third-order valence-corrected chi connectivity index (χ3v) is 6.19. The third kappa shape index (κ3) is 8.93. The standard InChI is InChI=1S/C13H23N3O.C8H10O4S/c1-2-4-13(5-3-1)15-12-14-6-7-16-8-10-17-11-9-16;1-6-3-4-7(12-2)5-8(6)13(9,10)11/h13H,1-11H2;3-5H,1-2H3,(H,9,10,11). The second kappa shape index (κ2) is 12.8. The van der Waals surface area contributed by atoms with Crippen molar-refractivity contribution in [2.75, 3.05) is 46.5 Å². The summed E-state index contributed by atoms with van der Waals surface area (Å²) in [6.45, 7) is 7.22. The van der Waals surface area contributed by atoms with Gasteiger partial charge in [-0.05, 0) is 31.4 Å². The van der Waals surface area contributed by atoms with Crippen LogP contribution in [0.1, 0.15) is 37.7 Å². The van der Waals surface area contributed by atoms with Crippen LogP contribution < -0.4 is 4.74 Å². The Kier molecular flexibility index (Phi) is 10.5. The van der Waals surface area contributed by atoms with Gasteiger partial charge in [0.15, 0.2) is 0 Å². The molecular weight excluding hydrogens is 406 g/mol. The molecular formula is C21H33N3O5S. The first-order chi connectivity index (χ1) is 14.4. The Hall–Kier alpha value is -1.77. The molecule has 1 heterocycles. The lowest BCUT2D eigenvalue weighted by Gasteiger charge is -2.25. The summed E-state index contributed by atoms with van der Waals surface area (Å²) < 4.78 is 40.6. The van der Waals surface area contributed by atoms with Crippen LogP contribution in [0.3, 0.4) is 0 Å². The number of aliphatic imine (C=N–C) groups is 2. The number of rotatable bonds is 6. The second-order valence-corrected chi connectivity index (χ2v) is 8.85. The Balaban J connectivity index is 0.000000222. The van der Waals surface area contributed by atoms with Gasteiger partial charge in [-0.15, -0.1) is 0 Å². The molecule has 30 heavy (non-hydrogen) atoms. The van der Waals surface area contributed by atoms with Gasteiger partial charge in [-0.2, -0.15) is 8.42 Å². The van der Waals surface area contributed by atoms with Gasteiger partial charge in [-0.1, -0.05) is 25.3 Å². The highest BCUT2D eigenvalue weighted by Crippen LogP contribution is 2.21. The van der Waals surface area contributed by atoms with Crippen molar-refractivity contribution < 1.29 is 22.4 Å². The second-order valence-electron chi connectivity index (χ2n) is 7.46. The van der Waals surface area contributed by atoms with Crippen LogP contribution in [0, 0.1) is 6.92 Å². The molecule has 0 spiro atoms. The Morgan fingerprint density at radius 3 is 2.57 bits per heavy atom. The van der Waals surface area contributed by atoms with Crippen LogP contribution in [0.2, 0.25) is 0 Å². The van der Waals surface area contributed by atoms with E-state index in [2.05, 4.69) is 20.9 Å². The number of benzene rings is 1. The van der Waals surface area contributed by atoms with Crippen molar-refractivity contribution in [2.24, 2.45) is 9.98 Å². The SMILES string of the molecule is C(=NCCN1CCOCC1)=NC1CCCCC1.COc1ccc(C)c(S(=O)(=O)O)c1. The van der Waals surface area contributed by atoms with E-state index < -0.39 is 10.1 Å². The predicted molar refractivity (Wildman–Crippen MR) is 116 cm³/mol. The van der Waals surface area contributed by atoms with Crippen LogP contribution in [-0.4, -0.2) is 76.4 Å². The fourth-order valence-corrected chi connectivity index (χ4v) is 4.12. The minimum Gasteiger partial charge on any atom is -0.497 e. The van der Waals surface area contributed by atoms with Crippen molar-refractivity contribution >= 4 is 16.1 Å². The Morgan fingerprint density at radius 2 is 1.93 bits per heavy atom. The van der Waals surface area contributed by atoms with Crippen molar-refractivity contribution in [3.05, 3.63) is 23.8 Å². The molecule has 1 aromatic rings. The summed E-state index contributed by atoms with van der Waals surface area (Å²) in [5.74, 6) is 0.401. The van der Waals surface area contributed by atoms with Crippen molar-refractivity contribution in [3.63, 3.8) is 0 Å². The fraction of sp³-hybridized carbons (Fsp3) is 0.667. The number of morpholine rings is 1. The van der Waals surface area contributed by atoms with Crippen LogP contribution in [0.4, 0.5) is 0 Å². The van der Waals surface area contributed by atoms with Gasteiger partial charge in [-0.3, -0.25) is 9.45 Å². The van der Waals surface area contributed by atoms with E-state index in [1.165, 1.54) is 45.3 Å². The molecule has 2 aliphatic rings. The average molecular weight is 440 g/mol. The molecule has 0 bridgehead atoms. The first kappa shape index (κ1) is 24.5. The van der Waals surface area contributed by atoms with Gasteiger partial charge in [0.25, 0.3) is 10.1 Å². The summed E-state index contributed by atoms with van der Waals surface area (Å²) >= 11 is 0. The number of aryl methyl sites for hydroxylation is 1. The highest BCUT2D eigenvalue weighted by Gasteiger charge is 2.13. The maximum Gasteiger partial charge on any atom is 0.294 e. The summed E-state index contributed by atoms with van der Waals surface area (Å²) in [6, 6.07) is 7.87. The van der Waals surface area contributed by atoms with Gasteiger partial charge in [0.1, 0.15) is 10.6 Å². The first-order valence-electron chi connectivity index (χ1n) is 10.4. The molecule has 0 unspecified atom stereocenters. The van der Waals surface area contributed by atoms with Crippen molar-refractivity contribution in [2.45, 2.75) is 50.0 Å². The molecule has 9 heteroatoms. The molecule has 1 aliphatic carbocycles. The minimum absolute atomic E-state index is 0.119. The zero-order valence-electron chi connectivity index (χ0n) is 17.9. The minimum atomic E-state index is -4.15. The molecule has 168 valence electrons. The number of nitrogens with zero attached hydrogens (tertiary/aromatic N) is 3. The number of hydrogen-bond acceptors (Lipinski definition) is 7. The lowest BCUT2D eigenvalue weighted by atomic mass is 9.96. The van der Waals surface area contributed by atoms with Crippen LogP contribution in [-0.2, 0) is 14.9 Å². The maximum absolute atomic E-state index is 10.8. The maximum atomic E-state index is 10.8. The third-order valence-electron chi connectivity index (χ3n) is 5.19. The Morgan fingerprint density at radius 1 is 1.23 bits per heavy atom. The van der Waals surface area contributed by atoms with E-state index in [9.17, 15) is 8.42 Å². The van der Waals surface area contributed by atoms with Crippen LogP contribution in [0.25, 0.3) is 0 Å². The summed E-state index contributed by atoms with van der Waals surface area (Å²) in [5, 5.41) is 0. The molecule has 0 aromatic heterocycles. The molecule has 0 radical (unpaired) electrons. The predicted octanol–water partition coefficient (Wildman–Crippen LogP) is 3.08. The summed E-state index contributed by atoms with van der Waals surface area (Å²) in [4.78, 5) is 10.9. The molecule has 2 fully saturated rings. The number of methoxy groups -OCH3 is 1. The lowest BCUT2D eigenvalue weighted by Crippen LogP contribution is -2.37. The highest BCUT2D eigenvalue weighted by molar-refractivity contribution is 7.85. The van der Waals surface area contributed by atoms with E-state index in [1.54, 1.807) is 19.1 Å². The monoisotopic (exact) mass is 439 g/mol. The first-order valence-corrected chi connectivity index (χ1v) is 11.9. The van der Waals surface area contributed by atoms with Gasteiger partial charge in [0.05, 0.1) is 38.9 Å². The molecule has 3 rings (SSSR count). The normalized spacial score (nSPS) is 18.0. The van der Waals surface area contributed by atoms with E-state index in [0.717, 1.165) is 39.4 Å². The zero-order valence-corrected chi connectivity index (χ0v) is 18.7. The van der Waals surface area contributed by atoms with Gasteiger partial charge in [-0.25, -0.2) is 9.98 Å². The van der Waals surface area contributed by atoms with E-state index in [-0.39, 0.29) is 4.90 Å². The van der Waals surface area contributed by atoms with Crippen LogP contribution in [0.15, 0.2) is 33.1 Å². The number of hydrogen-bond donors (Lipinski definition) is 1. The highest BCUT2D eigenvalue weighted by atomic mass is 32.2. The molecule has 1 saturated carbocycles. The Labute approximate surface area is 179 Å². The molecule has 1 aromatic carbocycles. The Bertz CT molecular complexity index is 810. The molecule has 1 aliphatic heterocycles. The molecule has 0 atom stereocenters. The van der Waals surface area contributed by atoms with E-state index in [1.807, 2.05) is 0 Å². The molecule has 8 nitrogen and oxygen atoms in total. The van der Waals surface area contributed by atoms with Gasteiger partial charge < -0.3 is 9.47 Å². The summed E-state index contributed by atoms with van der Waals surface area (Å²) in [7, 11) is -2.72. The van der Waals surface area contributed by atoms with E-state index in [0.29, 0.717) is 17.4 Å². The number of ether oxygens (including phenoxy) is 2. The summed E-state index contributed by atoms with van der Waals surface area (Å²) in [5.41, 5.74) is 0.489. The van der Waals surface area contributed by atoms with Crippen molar-refractivity contribution in [1.29, 1.82) is 0 Å². The smallest absolute Gasteiger partial charge is 0.294 e. The molecule has 1 N–H and O–H groups in total. The topological polar surface area (TPSA) is 101 Å². The largest absolute Gasteiger partial charge is 0.497 e. The van der Waals surface area contributed by atoms with Crippen LogP contribution in [0.5, 0.6) is 5.75 Å². The van der Waals surface area contributed by atoms with E-state index >= 15 is 0 Å². The molecule has 1 saturated heterocycles. The quantitative estimate of drug-likeness (QED) is 0.540. The molecule has 0 amide bonds. The van der Waals surface area contributed by atoms with E-state index in [4.69, 9.17) is 14.0 Å². The van der Waals surface area contributed by atoms with Crippen LogP contribution >= 0.6 is 0 Å². The lowest BCUT2D eigenvalue weighted by molar-refractivity contribution is 0.0395. The van der Waals surface area contributed by atoms with Gasteiger partial charge >= 0.3 is 0 Å². The zero-order chi connectivity index (χ0) is 21.8. The van der Waals surface area contributed by atoms with Gasteiger partial charge in [0, 0.05) is 25.7 Å². The van der Waals surface area contributed by atoms with Gasteiger partial charge in [0.2, 0.25) is 0 Å². The average Bonchev–Trinajstić information content (AvgIpc) is 2.75. The fourth-order valence-electron chi connectivity index (χ4n) is 3.38.